The van der Waals surface area contributed by atoms with Crippen LogP contribution in [0.15, 0.2) is 23.2 Å². The first-order chi connectivity index (χ1) is 12.7. The minimum Gasteiger partial charge on any atom is -0.497 e. The van der Waals surface area contributed by atoms with Crippen molar-refractivity contribution in [1.82, 2.24) is 15.5 Å². The van der Waals surface area contributed by atoms with E-state index < -0.39 is 0 Å². The lowest BCUT2D eigenvalue weighted by molar-refractivity contribution is 0.321. The van der Waals surface area contributed by atoms with Crippen LogP contribution in [0.25, 0.3) is 0 Å². The lowest BCUT2D eigenvalue weighted by Crippen LogP contribution is -2.44. The lowest BCUT2D eigenvalue weighted by Gasteiger charge is -2.19. The van der Waals surface area contributed by atoms with Gasteiger partial charge in [-0.1, -0.05) is 12.8 Å². The van der Waals surface area contributed by atoms with Crippen molar-refractivity contribution in [2.45, 2.75) is 38.3 Å². The molecule has 2 aliphatic rings. The van der Waals surface area contributed by atoms with Crippen LogP contribution < -0.4 is 20.1 Å². The maximum Gasteiger partial charge on any atom is 0.191 e. The number of hydrogen-bond acceptors (Lipinski definition) is 4. The molecule has 1 aliphatic carbocycles. The quantitative estimate of drug-likeness (QED) is 0.550. The van der Waals surface area contributed by atoms with Crippen molar-refractivity contribution in [2.75, 3.05) is 40.9 Å². The van der Waals surface area contributed by atoms with E-state index in [9.17, 15) is 0 Å². The van der Waals surface area contributed by atoms with Gasteiger partial charge in [-0.15, -0.1) is 0 Å². The molecule has 6 heteroatoms. The SMILES string of the molecule is CN=C(NCCC1CC1)NC1CCN(Cc2cc(OC)cc(OC)c2)C1. The molecule has 1 unspecified atom stereocenters. The second-order valence-electron chi connectivity index (χ2n) is 7.32. The fraction of sp³-hybridized carbons (Fsp3) is 0.650. The summed E-state index contributed by atoms with van der Waals surface area (Å²) in [7, 11) is 5.23. The van der Waals surface area contributed by atoms with E-state index in [0.717, 1.165) is 56.0 Å². The molecule has 0 amide bonds. The highest BCUT2D eigenvalue weighted by atomic mass is 16.5. The molecule has 0 bridgehead atoms. The highest BCUT2D eigenvalue weighted by Gasteiger charge is 2.24. The molecule has 1 saturated heterocycles. The van der Waals surface area contributed by atoms with Crippen molar-refractivity contribution in [1.29, 1.82) is 0 Å². The maximum atomic E-state index is 5.37. The molecule has 1 heterocycles. The van der Waals surface area contributed by atoms with E-state index in [2.05, 4.69) is 32.7 Å². The lowest BCUT2D eigenvalue weighted by atomic mass is 10.2. The summed E-state index contributed by atoms with van der Waals surface area (Å²) < 4.78 is 10.7. The normalized spacial score (nSPS) is 20.9. The molecule has 1 aliphatic heterocycles. The highest BCUT2D eigenvalue weighted by Crippen LogP contribution is 2.31. The van der Waals surface area contributed by atoms with Crippen LogP contribution in [0.3, 0.4) is 0 Å². The summed E-state index contributed by atoms with van der Waals surface area (Å²) in [4.78, 5) is 6.83. The van der Waals surface area contributed by atoms with Gasteiger partial charge < -0.3 is 20.1 Å². The second-order valence-corrected chi connectivity index (χ2v) is 7.32. The van der Waals surface area contributed by atoms with Gasteiger partial charge in [-0.2, -0.15) is 0 Å². The molecule has 0 spiro atoms. The molecule has 2 N–H and O–H groups in total. The Morgan fingerprint density at radius 2 is 1.88 bits per heavy atom. The number of benzene rings is 1. The fourth-order valence-corrected chi connectivity index (χ4v) is 3.50. The average molecular weight is 361 g/mol. The molecular weight excluding hydrogens is 328 g/mol. The first-order valence-corrected chi connectivity index (χ1v) is 9.61. The largest absolute Gasteiger partial charge is 0.497 e. The number of nitrogens with zero attached hydrogens (tertiary/aromatic N) is 2. The zero-order valence-corrected chi connectivity index (χ0v) is 16.3. The number of rotatable bonds is 8. The smallest absolute Gasteiger partial charge is 0.191 e. The van der Waals surface area contributed by atoms with Gasteiger partial charge in [0.2, 0.25) is 0 Å². The molecule has 144 valence electrons. The molecule has 0 aromatic heterocycles. The summed E-state index contributed by atoms with van der Waals surface area (Å²) in [6.07, 6.45) is 5.19. The number of aliphatic imine (C=N–C) groups is 1. The van der Waals surface area contributed by atoms with Crippen molar-refractivity contribution < 1.29 is 9.47 Å². The van der Waals surface area contributed by atoms with Crippen molar-refractivity contribution in [3.63, 3.8) is 0 Å². The molecule has 6 nitrogen and oxygen atoms in total. The zero-order valence-electron chi connectivity index (χ0n) is 16.3. The van der Waals surface area contributed by atoms with E-state index in [1.165, 1.54) is 24.8 Å². The van der Waals surface area contributed by atoms with Crippen molar-refractivity contribution in [3.8, 4) is 11.5 Å². The van der Waals surface area contributed by atoms with Crippen LogP contribution >= 0.6 is 0 Å². The Bertz CT molecular complexity index is 594. The van der Waals surface area contributed by atoms with Gasteiger partial charge in [0.1, 0.15) is 11.5 Å². The molecule has 1 atom stereocenters. The Balaban J connectivity index is 1.47. The molecule has 1 aromatic carbocycles. The van der Waals surface area contributed by atoms with Gasteiger partial charge in [0, 0.05) is 45.3 Å². The Kier molecular flexibility index (Phi) is 6.61. The van der Waals surface area contributed by atoms with Gasteiger partial charge in [0.25, 0.3) is 0 Å². The molecule has 3 rings (SSSR count). The molecule has 2 fully saturated rings. The van der Waals surface area contributed by atoms with Crippen LogP contribution in [-0.2, 0) is 6.54 Å². The molecule has 26 heavy (non-hydrogen) atoms. The Hall–Kier alpha value is -1.95. The van der Waals surface area contributed by atoms with E-state index in [-0.39, 0.29) is 0 Å². The number of ether oxygens (including phenoxy) is 2. The number of nitrogens with one attached hydrogen (secondary N) is 2. The third-order valence-corrected chi connectivity index (χ3v) is 5.20. The van der Waals surface area contributed by atoms with Crippen LogP contribution in [0, 0.1) is 5.92 Å². The van der Waals surface area contributed by atoms with E-state index in [1.54, 1.807) is 14.2 Å². The van der Waals surface area contributed by atoms with E-state index in [4.69, 9.17) is 9.47 Å². The van der Waals surface area contributed by atoms with Crippen LogP contribution in [0.2, 0.25) is 0 Å². The number of likely N-dealkylation sites (tertiary alicyclic amines) is 1. The minimum atomic E-state index is 0.439. The van der Waals surface area contributed by atoms with Gasteiger partial charge >= 0.3 is 0 Å². The van der Waals surface area contributed by atoms with Gasteiger partial charge in [-0.25, -0.2) is 0 Å². The summed E-state index contributed by atoms with van der Waals surface area (Å²) in [5.41, 5.74) is 1.22. The number of methoxy groups -OCH3 is 2. The maximum absolute atomic E-state index is 5.37. The van der Waals surface area contributed by atoms with Gasteiger partial charge in [0.15, 0.2) is 5.96 Å². The molecular formula is C20H32N4O2. The molecule has 0 radical (unpaired) electrons. The van der Waals surface area contributed by atoms with Gasteiger partial charge in [-0.05, 0) is 36.5 Å². The van der Waals surface area contributed by atoms with Gasteiger partial charge in [-0.3, -0.25) is 9.89 Å². The van der Waals surface area contributed by atoms with Crippen molar-refractivity contribution in [2.24, 2.45) is 10.9 Å². The predicted molar refractivity (Wildman–Crippen MR) is 105 cm³/mol. The van der Waals surface area contributed by atoms with Crippen LogP contribution in [-0.4, -0.2) is 57.8 Å². The van der Waals surface area contributed by atoms with E-state index in [0.29, 0.717) is 6.04 Å². The summed E-state index contributed by atoms with van der Waals surface area (Å²) in [6, 6.07) is 6.52. The summed E-state index contributed by atoms with van der Waals surface area (Å²) in [5.74, 6) is 3.56. The Labute approximate surface area is 157 Å². The highest BCUT2D eigenvalue weighted by molar-refractivity contribution is 5.80. The summed E-state index contributed by atoms with van der Waals surface area (Å²) in [5, 5.41) is 7.02. The fourth-order valence-electron chi connectivity index (χ4n) is 3.50. The van der Waals surface area contributed by atoms with Crippen molar-refractivity contribution >= 4 is 5.96 Å². The standard InChI is InChI=1S/C20H32N4O2/c1-21-20(22-8-6-15-4-5-15)23-17-7-9-24(14-17)13-16-10-18(25-2)12-19(11-16)26-3/h10-12,15,17H,4-9,13-14H2,1-3H3,(H2,21,22,23). The first-order valence-electron chi connectivity index (χ1n) is 9.61. The summed E-state index contributed by atoms with van der Waals surface area (Å²) in [6.45, 7) is 4.02. The topological polar surface area (TPSA) is 58.1 Å². The van der Waals surface area contributed by atoms with Crippen LogP contribution in [0.5, 0.6) is 11.5 Å². The third-order valence-electron chi connectivity index (χ3n) is 5.20. The van der Waals surface area contributed by atoms with E-state index >= 15 is 0 Å². The monoisotopic (exact) mass is 360 g/mol. The summed E-state index contributed by atoms with van der Waals surface area (Å²) >= 11 is 0. The number of guanidine groups is 1. The zero-order chi connectivity index (χ0) is 18.4. The van der Waals surface area contributed by atoms with Crippen LogP contribution in [0.4, 0.5) is 0 Å². The molecule has 1 saturated carbocycles. The minimum absolute atomic E-state index is 0.439. The Morgan fingerprint density at radius 3 is 2.50 bits per heavy atom. The second kappa shape index (κ2) is 9.12. The first kappa shape index (κ1) is 18.8. The average Bonchev–Trinajstić information content (AvgIpc) is 3.39. The molecule has 1 aromatic rings. The number of hydrogen-bond donors (Lipinski definition) is 2. The van der Waals surface area contributed by atoms with Crippen LogP contribution in [0.1, 0.15) is 31.2 Å². The third kappa shape index (κ3) is 5.53. The Morgan fingerprint density at radius 1 is 1.15 bits per heavy atom. The predicted octanol–water partition coefficient (Wildman–Crippen LogP) is 2.24. The van der Waals surface area contributed by atoms with Gasteiger partial charge in [0.05, 0.1) is 14.2 Å². The van der Waals surface area contributed by atoms with E-state index in [1.807, 2.05) is 13.1 Å². The van der Waals surface area contributed by atoms with Crippen molar-refractivity contribution in [3.05, 3.63) is 23.8 Å².